The minimum atomic E-state index is -0.537. The Balaban J connectivity index is 1.97. The summed E-state index contributed by atoms with van der Waals surface area (Å²) in [5, 5.41) is 3.06. The van der Waals surface area contributed by atoms with Crippen LogP contribution < -0.4 is 10.1 Å². The Hall–Kier alpha value is -2.57. The molecule has 0 aliphatic rings. The lowest BCUT2D eigenvalue weighted by Gasteiger charge is -2.16. The number of nitrogens with zero attached hydrogens (tertiary/aromatic N) is 1. The van der Waals surface area contributed by atoms with E-state index in [4.69, 9.17) is 27.9 Å². The quantitative estimate of drug-likeness (QED) is 0.724. The molecular formula is C19H17Cl2FN2O3. The van der Waals surface area contributed by atoms with Crippen LogP contribution in [0.5, 0.6) is 5.75 Å². The molecular weight excluding hydrogens is 394 g/mol. The predicted octanol–water partition coefficient (Wildman–Crippen LogP) is 4.25. The van der Waals surface area contributed by atoms with Gasteiger partial charge in [0.1, 0.15) is 11.6 Å². The molecule has 2 aromatic rings. The molecule has 27 heavy (non-hydrogen) atoms. The van der Waals surface area contributed by atoms with Gasteiger partial charge in [-0.25, -0.2) is 4.39 Å². The van der Waals surface area contributed by atoms with Gasteiger partial charge in [0.25, 0.3) is 0 Å². The molecule has 0 fully saturated rings. The van der Waals surface area contributed by atoms with Gasteiger partial charge in [0.2, 0.25) is 11.8 Å². The van der Waals surface area contributed by atoms with Crippen molar-refractivity contribution in [2.45, 2.75) is 0 Å². The lowest BCUT2D eigenvalue weighted by molar-refractivity contribution is -0.129. The van der Waals surface area contributed by atoms with Crippen LogP contribution in [-0.4, -0.2) is 37.4 Å². The van der Waals surface area contributed by atoms with Crippen molar-refractivity contribution < 1.29 is 18.7 Å². The van der Waals surface area contributed by atoms with Crippen LogP contribution >= 0.6 is 23.2 Å². The minimum absolute atomic E-state index is 0.0344. The Morgan fingerprint density at radius 3 is 2.63 bits per heavy atom. The number of anilines is 1. The Labute approximate surface area is 166 Å². The Morgan fingerprint density at radius 2 is 1.96 bits per heavy atom. The summed E-state index contributed by atoms with van der Waals surface area (Å²) in [5.74, 6) is -0.895. The van der Waals surface area contributed by atoms with Gasteiger partial charge in [-0.2, -0.15) is 0 Å². The van der Waals surface area contributed by atoms with E-state index in [1.165, 1.54) is 49.4 Å². The standard InChI is InChI=1S/C19H17Cl2FN2O3/c1-24(19(26)8-4-12-3-6-15(22)14(21)9-12)11-18(25)23-16-10-13(20)5-7-17(16)27-2/h3-10H,11H2,1-2H3,(H,23,25)/b8-4+. The van der Waals surface area contributed by atoms with Crippen molar-refractivity contribution in [1.29, 1.82) is 0 Å². The molecule has 0 spiro atoms. The summed E-state index contributed by atoms with van der Waals surface area (Å²) in [4.78, 5) is 25.5. The smallest absolute Gasteiger partial charge is 0.246 e. The van der Waals surface area contributed by atoms with Crippen LogP contribution in [0, 0.1) is 5.82 Å². The molecule has 5 nitrogen and oxygen atoms in total. The van der Waals surface area contributed by atoms with Gasteiger partial charge in [0, 0.05) is 18.1 Å². The Kier molecular flexibility index (Phi) is 7.21. The molecule has 0 saturated heterocycles. The Bertz CT molecular complexity index is 887. The third kappa shape index (κ3) is 5.98. The van der Waals surface area contributed by atoms with Gasteiger partial charge in [-0.15, -0.1) is 0 Å². The van der Waals surface area contributed by atoms with E-state index in [1.807, 2.05) is 0 Å². The number of benzene rings is 2. The number of amides is 2. The molecule has 0 aliphatic heterocycles. The lowest BCUT2D eigenvalue weighted by atomic mass is 10.2. The second-order valence-electron chi connectivity index (χ2n) is 5.59. The van der Waals surface area contributed by atoms with Crippen molar-refractivity contribution in [3.05, 3.63) is 63.9 Å². The van der Waals surface area contributed by atoms with Crippen LogP contribution in [0.4, 0.5) is 10.1 Å². The van der Waals surface area contributed by atoms with Crippen LogP contribution in [0.25, 0.3) is 6.08 Å². The summed E-state index contributed by atoms with van der Waals surface area (Å²) in [5.41, 5.74) is 0.976. The van der Waals surface area contributed by atoms with Crippen molar-refractivity contribution in [2.75, 3.05) is 26.0 Å². The molecule has 8 heteroatoms. The first-order valence-corrected chi connectivity index (χ1v) is 8.57. The maximum absolute atomic E-state index is 13.1. The molecule has 142 valence electrons. The topological polar surface area (TPSA) is 58.6 Å². The van der Waals surface area contributed by atoms with Crippen molar-refractivity contribution in [3.63, 3.8) is 0 Å². The number of hydrogen-bond donors (Lipinski definition) is 1. The maximum atomic E-state index is 13.1. The fraction of sp³-hybridized carbons (Fsp3) is 0.158. The summed E-state index contributed by atoms with van der Waals surface area (Å²) >= 11 is 11.6. The largest absolute Gasteiger partial charge is 0.495 e. The molecule has 0 bridgehead atoms. The normalized spacial score (nSPS) is 10.7. The monoisotopic (exact) mass is 410 g/mol. The molecule has 2 aromatic carbocycles. The number of carbonyl (C=O) groups excluding carboxylic acids is 2. The van der Waals surface area contributed by atoms with Gasteiger partial charge in [-0.3, -0.25) is 9.59 Å². The van der Waals surface area contributed by atoms with Gasteiger partial charge in [-0.1, -0.05) is 29.3 Å². The van der Waals surface area contributed by atoms with Gasteiger partial charge in [0.15, 0.2) is 0 Å². The molecule has 0 unspecified atom stereocenters. The number of halogens is 3. The fourth-order valence-corrected chi connectivity index (χ4v) is 2.53. The summed E-state index contributed by atoms with van der Waals surface area (Å²) in [6, 6.07) is 8.92. The number of nitrogens with one attached hydrogen (secondary N) is 1. The van der Waals surface area contributed by atoms with Crippen molar-refractivity contribution >= 4 is 46.8 Å². The zero-order valence-electron chi connectivity index (χ0n) is 14.6. The third-order valence-electron chi connectivity index (χ3n) is 3.55. The molecule has 2 rings (SSSR count). The molecule has 0 aliphatic carbocycles. The molecule has 0 saturated carbocycles. The fourth-order valence-electron chi connectivity index (χ4n) is 2.17. The van der Waals surface area contributed by atoms with E-state index in [2.05, 4.69) is 5.32 Å². The summed E-state index contributed by atoms with van der Waals surface area (Å²) in [6.07, 6.45) is 2.76. The number of rotatable bonds is 6. The highest BCUT2D eigenvalue weighted by atomic mass is 35.5. The van der Waals surface area contributed by atoms with Gasteiger partial charge < -0.3 is 15.0 Å². The second kappa shape index (κ2) is 9.39. The number of methoxy groups -OCH3 is 1. The highest BCUT2D eigenvalue weighted by molar-refractivity contribution is 6.31. The summed E-state index contributed by atoms with van der Waals surface area (Å²) in [7, 11) is 2.96. The number of carbonyl (C=O) groups is 2. The highest BCUT2D eigenvalue weighted by Gasteiger charge is 2.13. The zero-order valence-corrected chi connectivity index (χ0v) is 16.1. The van der Waals surface area contributed by atoms with Crippen LogP contribution in [0.2, 0.25) is 10.0 Å². The lowest BCUT2D eigenvalue weighted by Crippen LogP contribution is -2.33. The average Bonchev–Trinajstić information content (AvgIpc) is 2.62. The predicted molar refractivity (Wildman–Crippen MR) is 105 cm³/mol. The van der Waals surface area contributed by atoms with E-state index in [0.29, 0.717) is 22.0 Å². The zero-order chi connectivity index (χ0) is 20.0. The van der Waals surface area contributed by atoms with Gasteiger partial charge in [-0.05, 0) is 42.0 Å². The average molecular weight is 411 g/mol. The van der Waals surface area contributed by atoms with E-state index >= 15 is 0 Å². The first-order valence-electron chi connectivity index (χ1n) is 7.81. The van der Waals surface area contributed by atoms with Crippen LogP contribution in [0.15, 0.2) is 42.5 Å². The van der Waals surface area contributed by atoms with Gasteiger partial charge in [0.05, 0.1) is 24.4 Å². The molecule has 2 amide bonds. The Morgan fingerprint density at radius 1 is 1.22 bits per heavy atom. The first-order chi connectivity index (χ1) is 12.8. The number of ether oxygens (including phenoxy) is 1. The SMILES string of the molecule is COc1ccc(Cl)cc1NC(=O)CN(C)C(=O)/C=C/c1ccc(F)c(Cl)c1. The van der Waals surface area contributed by atoms with Crippen LogP contribution in [0.3, 0.4) is 0 Å². The van der Waals surface area contributed by atoms with E-state index < -0.39 is 17.6 Å². The van der Waals surface area contributed by atoms with Crippen molar-refractivity contribution in [2.24, 2.45) is 0 Å². The minimum Gasteiger partial charge on any atom is -0.495 e. The van der Waals surface area contributed by atoms with Crippen molar-refractivity contribution in [1.82, 2.24) is 4.90 Å². The number of hydrogen-bond acceptors (Lipinski definition) is 3. The second-order valence-corrected chi connectivity index (χ2v) is 6.44. The molecule has 0 radical (unpaired) electrons. The highest BCUT2D eigenvalue weighted by Crippen LogP contribution is 2.27. The first kappa shape index (κ1) is 20.7. The van der Waals surface area contributed by atoms with E-state index in [0.717, 1.165) is 0 Å². The number of likely N-dealkylation sites (N-methyl/N-ethyl adjacent to an activating group) is 1. The third-order valence-corrected chi connectivity index (χ3v) is 4.08. The van der Waals surface area contributed by atoms with E-state index in [1.54, 1.807) is 18.2 Å². The van der Waals surface area contributed by atoms with E-state index in [-0.39, 0.29) is 11.6 Å². The van der Waals surface area contributed by atoms with Crippen LogP contribution in [0.1, 0.15) is 5.56 Å². The van der Waals surface area contributed by atoms with Crippen molar-refractivity contribution in [3.8, 4) is 5.75 Å². The summed E-state index contributed by atoms with van der Waals surface area (Å²) < 4.78 is 18.3. The van der Waals surface area contributed by atoms with Crippen LogP contribution in [-0.2, 0) is 9.59 Å². The summed E-state index contributed by atoms with van der Waals surface area (Å²) in [6.45, 7) is -0.178. The van der Waals surface area contributed by atoms with E-state index in [9.17, 15) is 14.0 Å². The maximum Gasteiger partial charge on any atom is 0.246 e. The molecule has 0 atom stereocenters. The van der Waals surface area contributed by atoms with Gasteiger partial charge >= 0.3 is 0 Å². The molecule has 0 heterocycles. The molecule has 0 aromatic heterocycles. The molecule has 1 N–H and O–H groups in total.